The van der Waals surface area contributed by atoms with Gasteiger partial charge in [0.25, 0.3) is 0 Å². The molecular formula is C20H30O3. The molecule has 0 aromatic carbocycles. The molecule has 1 aliphatic heterocycles. The summed E-state index contributed by atoms with van der Waals surface area (Å²) in [6, 6.07) is 0. The Morgan fingerprint density at radius 2 is 2.00 bits per heavy atom. The molecule has 0 amide bonds. The number of carbonyl (C=O) groups is 1. The van der Waals surface area contributed by atoms with E-state index in [1.165, 1.54) is 38.2 Å². The first-order valence-electron chi connectivity index (χ1n) is 9.06. The van der Waals surface area contributed by atoms with Crippen molar-refractivity contribution < 1.29 is 14.6 Å². The quantitative estimate of drug-likeness (QED) is 0.615. The van der Waals surface area contributed by atoms with Gasteiger partial charge in [0, 0.05) is 11.6 Å². The van der Waals surface area contributed by atoms with Crippen LogP contribution < -0.4 is 0 Å². The van der Waals surface area contributed by atoms with Crippen molar-refractivity contribution in [3.05, 3.63) is 22.8 Å². The van der Waals surface area contributed by atoms with E-state index in [0.717, 1.165) is 18.4 Å². The lowest BCUT2D eigenvalue weighted by Crippen LogP contribution is -2.37. The zero-order valence-electron chi connectivity index (χ0n) is 14.9. The van der Waals surface area contributed by atoms with Gasteiger partial charge in [0.1, 0.15) is 0 Å². The topological polar surface area (TPSA) is 46.5 Å². The Labute approximate surface area is 139 Å². The Balaban J connectivity index is 1.86. The van der Waals surface area contributed by atoms with E-state index < -0.39 is 12.3 Å². The fraction of sp³-hybridized carbons (Fsp3) is 0.750. The Kier molecular flexibility index (Phi) is 4.20. The summed E-state index contributed by atoms with van der Waals surface area (Å²) in [6.07, 6.45) is 8.46. The highest BCUT2D eigenvalue weighted by Crippen LogP contribution is 2.56. The molecule has 3 nitrogen and oxygen atoms in total. The average Bonchev–Trinajstić information content (AvgIpc) is 2.79. The van der Waals surface area contributed by atoms with E-state index in [2.05, 4.69) is 27.7 Å². The highest BCUT2D eigenvalue weighted by molar-refractivity contribution is 5.85. The molecule has 3 rings (SSSR count). The van der Waals surface area contributed by atoms with Crippen LogP contribution in [0.5, 0.6) is 0 Å². The van der Waals surface area contributed by atoms with Gasteiger partial charge >= 0.3 is 5.97 Å². The first-order chi connectivity index (χ1) is 10.7. The molecule has 128 valence electrons. The highest BCUT2D eigenvalue weighted by Gasteiger charge is 2.44. The van der Waals surface area contributed by atoms with E-state index in [1.54, 1.807) is 11.1 Å². The second-order valence-electron chi connectivity index (χ2n) is 8.56. The van der Waals surface area contributed by atoms with Crippen molar-refractivity contribution in [2.24, 2.45) is 16.7 Å². The number of rotatable bonds is 3. The first kappa shape index (κ1) is 16.8. The zero-order chi connectivity index (χ0) is 16.8. The number of aliphatic hydroxyl groups excluding tert-OH is 1. The van der Waals surface area contributed by atoms with Crippen molar-refractivity contribution in [3.63, 3.8) is 0 Å². The molecule has 3 heteroatoms. The number of allylic oxidation sites excluding steroid dienone is 2. The average molecular weight is 318 g/mol. The van der Waals surface area contributed by atoms with Crippen molar-refractivity contribution in [1.82, 2.24) is 0 Å². The minimum Gasteiger partial charge on any atom is -0.429 e. The van der Waals surface area contributed by atoms with Crippen LogP contribution in [0.1, 0.15) is 72.6 Å². The largest absolute Gasteiger partial charge is 0.429 e. The van der Waals surface area contributed by atoms with Gasteiger partial charge in [-0.1, -0.05) is 38.8 Å². The minimum atomic E-state index is -1.03. The number of aliphatic hydroxyl groups is 1. The molecule has 0 saturated heterocycles. The predicted molar refractivity (Wildman–Crippen MR) is 90.6 cm³/mol. The van der Waals surface area contributed by atoms with Gasteiger partial charge in [-0.25, -0.2) is 4.79 Å². The fourth-order valence-electron chi connectivity index (χ4n) is 4.95. The Morgan fingerprint density at radius 3 is 2.65 bits per heavy atom. The van der Waals surface area contributed by atoms with Crippen molar-refractivity contribution in [2.75, 3.05) is 0 Å². The summed E-state index contributed by atoms with van der Waals surface area (Å²) >= 11 is 0. The monoisotopic (exact) mass is 318 g/mol. The van der Waals surface area contributed by atoms with Crippen LogP contribution in [0.25, 0.3) is 0 Å². The summed E-state index contributed by atoms with van der Waals surface area (Å²) in [4.78, 5) is 11.3. The smallest absolute Gasteiger partial charge is 0.333 e. The van der Waals surface area contributed by atoms with Crippen LogP contribution in [0.4, 0.5) is 0 Å². The summed E-state index contributed by atoms with van der Waals surface area (Å²) in [7, 11) is 0. The SMILES string of the molecule is C[C@H]1CCC2=C(CCCC2(C)C)[C@]1(C)CCC1=CC(=O)OC1O. The van der Waals surface area contributed by atoms with E-state index in [4.69, 9.17) is 4.74 Å². The van der Waals surface area contributed by atoms with E-state index in [1.807, 2.05) is 0 Å². The van der Waals surface area contributed by atoms with E-state index >= 15 is 0 Å². The Morgan fingerprint density at radius 1 is 1.26 bits per heavy atom. The number of esters is 1. The molecule has 0 bridgehead atoms. The predicted octanol–water partition coefficient (Wildman–Crippen LogP) is 4.51. The molecule has 1 unspecified atom stereocenters. The van der Waals surface area contributed by atoms with Gasteiger partial charge in [0.15, 0.2) is 0 Å². The maximum atomic E-state index is 11.3. The van der Waals surface area contributed by atoms with Crippen LogP contribution >= 0.6 is 0 Å². The fourth-order valence-corrected chi connectivity index (χ4v) is 4.95. The highest BCUT2D eigenvalue weighted by atomic mass is 16.6. The first-order valence-corrected chi connectivity index (χ1v) is 9.06. The molecule has 23 heavy (non-hydrogen) atoms. The molecule has 0 fully saturated rings. The van der Waals surface area contributed by atoms with Crippen molar-refractivity contribution in [1.29, 1.82) is 0 Å². The van der Waals surface area contributed by atoms with Crippen LogP contribution in [0, 0.1) is 16.7 Å². The van der Waals surface area contributed by atoms with Gasteiger partial charge < -0.3 is 9.84 Å². The third kappa shape index (κ3) is 2.88. The molecule has 1 heterocycles. The molecule has 1 N–H and O–H groups in total. The molecule has 3 aliphatic rings. The number of ether oxygens (including phenoxy) is 1. The third-order valence-electron chi connectivity index (χ3n) is 6.80. The van der Waals surface area contributed by atoms with Gasteiger partial charge in [-0.3, -0.25) is 0 Å². The van der Waals surface area contributed by atoms with Gasteiger partial charge in [0.05, 0.1) is 0 Å². The van der Waals surface area contributed by atoms with Gasteiger partial charge in [0.2, 0.25) is 6.29 Å². The van der Waals surface area contributed by atoms with E-state index in [0.29, 0.717) is 11.3 Å². The molecule has 3 atom stereocenters. The summed E-state index contributed by atoms with van der Waals surface area (Å²) in [5, 5.41) is 9.83. The Bertz CT molecular complexity index is 569. The summed E-state index contributed by atoms with van der Waals surface area (Å²) in [5.41, 5.74) is 4.62. The Hall–Kier alpha value is -1.09. The second-order valence-corrected chi connectivity index (χ2v) is 8.56. The lowest BCUT2D eigenvalue weighted by atomic mass is 9.55. The molecule has 0 aromatic heterocycles. The molecular weight excluding hydrogens is 288 g/mol. The summed E-state index contributed by atoms with van der Waals surface area (Å²) in [5.74, 6) is 0.235. The standard InChI is InChI=1S/C20H30O3/c1-13-7-8-15-16(6-5-10-19(15,2)3)20(13,4)11-9-14-12-17(21)23-18(14)22/h12-13,18,22H,5-11H2,1-4H3/t13-,18?,20+/m0/s1. The normalized spacial score (nSPS) is 36.6. The lowest BCUT2D eigenvalue weighted by molar-refractivity contribution is -0.151. The van der Waals surface area contributed by atoms with E-state index in [-0.39, 0.29) is 5.41 Å². The van der Waals surface area contributed by atoms with Crippen LogP contribution in [0.3, 0.4) is 0 Å². The van der Waals surface area contributed by atoms with Crippen molar-refractivity contribution >= 4 is 5.97 Å². The number of cyclic esters (lactones) is 1. The van der Waals surface area contributed by atoms with Crippen LogP contribution in [-0.2, 0) is 9.53 Å². The third-order valence-corrected chi connectivity index (χ3v) is 6.80. The second kappa shape index (κ2) is 5.77. The molecule has 0 aromatic rings. The lowest BCUT2D eigenvalue weighted by Gasteiger charge is -2.50. The molecule has 0 saturated carbocycles. The minimum absolute atomic E-state index is 0.178. The zero-order valence-corrected chi connectivity index (χ0v) is 14.9. The molecule has 2 aliphatic carbocycles. The van der Waals surface area contributed by atoms with Gasteiger partial charge in [-0.05, 0) is 61.7 Å². The van der Waals surface area contributed by atoms with E-state index in [9.17, 15) is 9.90 Å². The van der Waals surface area contributed by atoms with Crippen molar-refractivity contribution in [2.45, 2.75) is 78.9 Å². The van der Waals surface area contributed by atoms with Crippen LogP contribution in [0.2, 0.25) is 0 Å². The maximum absolute atomic E-state index is 11.3. The molecule has 0 spiro atoms. The number of hydrogen-bond acceptors (Lipinski definition) is 3. The summed E-state index contributed by atoms with van der Waals surface area (Å²) in [6.45, 7) is 9.56. The van der Waals surface area contributed by atoms with Crippen molar-refractivity contribution in [3.8, 4) is 0 Å². The van der Waals surface area contributed by atoms with Crippen LogP contribution in [0.15, 0.2) is 22.8 Å². The number of hydrogen-bond donors (Lipinski definition) is 1. The molecule has 0 radical (unpaired) electrons. The van der Waals surface area contributed by atoms with Gasteiger partial charge in [-0.2, -0.15) is 0 Å². The number of carbonyl (C=O) groups excluding carboxylic acids is 1. The van der Waals surface area contributed by atoms with Gasteiger partial charge in [-0.15, -0.1) is 0 Å². The summed E-state index contributed by atoms with van der Waals surface area (Å²) < 4.78 is 4.83. The maximum Gasteiger partial charge on any atom is 0.333 e. The van der Waals surface area contributed by atoms with Crippen LogP contribution in [-0.4, -0.2) is 17.4 Å².